The first kappa shape index (κ1) is 18.2. The molecule has 0 bridgehead atoms. The summed E-state index contributed by atoms with van der Waals surface area (Å²) in [6, 6.07) is 2.50. The zero-order chi connectivity index (χ0) is 17.0. The molecule has 0 saturated carbocycles. The lowest BCUT2D eigenvalue weighted by molar-refractivity contribution is 0.00874. The Bertz CT molecular complexity index is 490. The second-order valence-corrected chi connectivity index (χ2v) is 7.86. The van der Waals surface area contributed by atoms with Gasteiger partial charge in [-0.2, -0.15) is 11.3 Å². The van der Waals surface area contributed by atoms with Gasteiger partial charge in [0.2, 0.25) is 0 Å². The normalized spacial score (nSPS) is 19.4. The Labute approximate surface area is 143 Å². The fourth-order valence-electron chi connectivity index (χ4n) is 2.90. The molecule has 0 aromatic carbocycles. The molecule has 0 spiro atoms. The summed E-state index contributed by atoms with van der Waals surface area (Å²) in [7, 11) is 0. The minimum atomic E-state index is -0.446. The van der Waals surface area contributed by atoms with E-state index in [1.54, 1.807) is 16.2 Å². The average Bonchev–Trinajstić information content (AvgIpc) is 3.00. The third-order valence-corrected chi connectivity index (χ3v) is 4.82. The molecule has 2 unspecified atom stereocenters. The molecule has 5 nitrogen and oxygen atoms in total. The molecule has 1 aromatic rings. The lowest BCUT2D eigenvalue weighted by Crippen LogP contribution is -2.53. The van der Waals surface area contributed by atoms with Crippen molar-refractivity contribution >= 4 is 17.4 Å². The summed E-state index contributed by atoms with van der Waals surface area (Å²) in [5.41, 5.74) is 7.22. The van der Waals surface area contributed by atoms with E-state index in [0.29, 0.717) is 13.1 Å². The van der Waals surface area contributed by atoms with Crippen molar-refractivity contribution < 1.29 is 9.53 Å². The van der Waals surface area contributed by atoms with E-state index in [0.717, 1.165) is 19.5 Å². The number of thiophene rings is 1. The number of ether oxygens (including phenoxy) is 1. The van der Waals surface area contributed by atoms with Crippen LogP contribution in [0, 0.1) is 0 Å². The molecule has 1 aliphatic heterocycles. The molecule has 0 radical (unpaired) electrons. The predicted molar refractivity (Wildman–Crippen MR) is 94.7 cm³/mol. The Morgan fingerprint density at radius 1 is 1.35 bits per heavy atom. The molecular weight excluding hydrogens is 310 g/mol. The molecule has 2 rings (SSSR count). The first-order valence-corrected chi connectivity index (χ1v) is 9.25. The van der Waals surface area contributed by atoms with E-state index in [-0.39, 0.29) is 18.2 Å². The predicted octanol–water partition coefficient (Wildman–Crippen LogP) is 3.08. The van der Waals surface area contributed by atoms with Crippen LogP contribution in [0.5, 0.6) is 0 Å². The van der Waals surface area contributed by atoms with Crippen LogP contribution in [0.25, 0.3) is 0 Å². The molecule has 6 heteroatoms. The Balaban J connectivity index is 1.98. The van der Waals surface area contributed by atoms with Crippen LogP contribution in [0.3, 0.4) is 0 Å². The van der Waals surface area contributed by atoms with Gasteiger partial charge in [-0.3, -0.25) is 4.90 Å². The van der Waals surface area contributed by atoms with Gasteiger partial charge in [0, 0.05) is 32.2 Å². The van der Waals surface area contributed by atoms with E-state index in [4.69, 9.17) is 10.5 Å². The number of piperazine rings is 1. The van der Waals surface area contributed by atoms with E-state index in [2.05, 4.69) is 28.7 Å². The maximum Gasteiger partial charge on any atom is 0.410 e. The van der Waals surface area contributed by atoms with E-state index in [1.165, 1.54) is 5.56 Å². The van der Waals surface area contributed by atoms with Gasteiger partial charge in [-0.15, -0.1) is 0 Å². The van der Waals surface area contributed by atoms with Gasteiger partial charge in [0.05, 0.1) is 6.04 Å². The highest BCUT2D eigenvalue weighted by Crippen LogP contribution is 2.28. The highest BCUT2D eigenvalue weighted by Gasteiger charge is 2.31. The minimum absolute atomic E-state index is 0.109. The lowest BCUT2D eigenvalue weighted by atomic mass is 9.98. The van der Waals surface area contributed by atoms with Crippen LogP contribution in [-0.4, -0.2) is 53.7 Å². The summed E-state index contributed by atoms with van der Waals surface area (Å²) < 4.78 is 5.46. The SMILES string of the molecule is CCC(N)C(c1ccsc1)N1CCN(C(=O)OC(C)(C)C)CC1. The molecule has 130 valence electrons. The molecular formula is C17H29N3O2S. The summed E-state index contributed by atoms with van der Waals surface area (Å²) in [6.45, 7) is 10.8. The summed E-state index contributed by atoms with van der Waals surface area (Å²) in [5, 5.41) is 4.28. The van der Waals surface area contributed by atoms with Crippen LogP contribution in [0.2, 0.25) is 0 Å². The Morgan fingerprint density at radius 3 is 2.48 bits per heavy atom. The quantitative estimate of drug-likeness (QED) is 0.916. The molecule has 1 fully saturated rings. The summed E-state index contributed by atoms with van der Waals surface area (Å²) in [4.78, 5) is 16.4. The number of carbonyl (C=O) groups is 1. The topological polar surface area (TPSA) is 58.8 Å². The maximum atomic E-state index is 12.2. The van der Waals surface area contributed by atoms with Gasteiger partial charge in [0.25, 0.3) is 0 Å². The highest BCUT2D eigenvalue weighted by atomic mass is 32.1. The van der Waals surface area contributed by atoms with Crippen LogP contribution in [-0.2, 0) is 4.74 Å². The van der Waals surface area contributed by atoms with E-state index in [1.807, 2.05) is 20.8 Å². The molecule has 1 aromatic heterocycles. The second kappa shape index (κ2) is 7.64. The van der Waals surface area contributed by atoms with Crippen LogP contribution >= 0.6 is 11.3 Å². The largest absolute Gasteiger partial charge is 0.444 e. The first-order chi connectivity index (χ1) is 10.8. The highest BCUT2D eigenvalue weighted by molar-refractivity contribution is 7.07. The van der Waals surface area contributed by atoms with Gasteiger partial charge >= 0.3 is 6.09 Å². The Morgan fingerprint density at radius 2 is 2.00 bits per heavy atom. The van der Waals surface area contributed by atoms with Crippen molar-refractivity contribution in [2.75, 3.05) is 26.2 Å². The molecule has 1 aliphatic rings. The minimum Gasteiger partial charge on any atom is -0.444 e. The number of rotatable bonds is 4. The number of nitrogens with zero attached hydrogens (tertiary/aromatic N) is 2. The van der Waals surface area contributed by atoms with Gasteiger partial charge in [0.1, 0.15) is 5.60 Å². The van der Waals surface area contributed by atoms with Crippen LogP contribution in [0.15, 0.2) is 16.8 Å². The second-order valence-electron chi connectivity index (χ2n) is 7.08. The number of hydrogen-bond acceptors (Lipinski definition) is 5. The summed E-state index contributed by atoms with van der Waals surface area (Å²) in [6.07, 6.45) is 0.719. The van der Waals surface area contributed by atoms with Gasteiger partial charge in [-0.1, -0.05) is 6.92 Å². The van der Waals surface area contributed by atoms with Gasteiger partial charge < -0.3 is 15.4 Å². The van der Waals surface area contributed by atoms with E-state index in [9.17, 15) is 4.79 Å². The number of hydrogen-bond donors (Lipinski definition) is 1. The standard InChI is InChI=1S/C17H29N3O2S/c1-5-14(18)15(13-6-11-23-12-13)19-7-9-20(10-8-19)16(21)22-17(2,3)4/h6,11-12,14-15H,5,7-10,18H2,1-4H3. The fraction of sp³-hybridized carbons (Fsp3) is 0.706. The molecule has 23 heavy (non-hydrogen) atoms. The Kier molecular flexibility index (Phi) is 6.06. The third kappa shape index (κ3) is 4.93. The van der Waals surface area contributed by atoms with Crippen molar-refractivity contribution in [1.29, 1.82) is 0 Å². The van der Waals surface area contributed by atoms with Crippen LogP contribution in [0.1, 0.15) is 45.7 Å². The molecule has 2 atom stereocenters. The number of carbonyl (C=O) groups excluding carboxylic acids is 1. The monoisotopic (exact) mass is 339 g/mol. The van der Waals surface area contributed by atoms with Crippen LogP contribution < -0.4 is 5.73 Å². The van der Waals surface area contributed by atoms with E-state index < -0.39 is 5.60 Å². The van der Waals surface area contributed by atoms with Crippen molar-refractivity contribution in [3.8, 4) is 0 Å². The number of nitrogens with two attached hydrogens (primary N) is 1. The number of amides is 1. The maximum absolute atomic E-state index is 12.2. The summed E-state index contributed by atoms with van der Waals surface area (Å²) >= 11 is 1.70. The van der Waals surface area contributed by atoms with Crippen molar-refractivity contribution in [2.45, 2.75) is 51.8 Å². The molecule has 2 N–H and O–H groups in total. The third-order valence-electron chi connectivity index (χ3n) is 4.12. The first-order valence-electron chi connectivity index (χ1n) is 8.31. The zero-order valence-electron chi connectivity index (χ0n) is 14.6. The Hall–Kier alpha value is -1.11. The zero-order valence-corrected chi connectivity index (χ0v) is 15.4. The van der Waals surface area contributed by atoms with Gasteiger partial charge in [-0.05, 0) is 49.6 Å². The molecule has 1 saturated heterocycles. The fourth-order valence-corrected chi connectivity index (χ4v) is 3.59. The molecule has 1 amide bonds. The van der Waals surface area contributed by atoms with Crippen molar-refractivity contribution in [3.05, 3.63) is 22.4 Å². The average molecular weight is 340 g/mol. The van der Waals surface area contributed by atoms with Crippen molar-refractivity contribution in [2.24, 2.45) is 5.73 Å². The van der Waals surface area contributed by atoms with Crippen LogP contribution in [0.4, 0.5) is 4.79 Å². The van der Waals surface area contributed by atoms with Crippen molar-refractivity contribution in [3.63, 3.8) is 0 Å². The molecule has 0 aliphatic carbocycles. The van der Waals surface area contributed by atoms with Gasteiger partial charge in [0.15, 0.2) is 0 Å². The lowest BCUT2D eigenvalue weighted by Gasteiger charge is -2.41. The molecule has 2 heterocycles. The van der Waals surface area contributed by atoms with E-state index >= 15 is 0 Å². The smallest absolute Gasteiger partial charge is 0.410 e. The van der Waals surface area contributed by atoms with Crippen molar-refractivity contribution in [1.82, 2.24) is 9.80 Å². The van der Waals surface area contributed by atoms with Gasteiger partial charge in [-0.25, -0.2) is 4.79 Å². The summed E-state index contributed by atoms with van der Waals surface area (Å²) in [5.74, 6) is 0.